The lowest BCUT2D eigenvalue weighted by Gasteiger charge is -2.16. The van der Waals surface area contributed by atoms with Crippen LogP contribution in [-0.4, -0.2) is 0 Å². The molecule has 1 heterocycles. The van der Waals surface area contributed by atoms with Crippen LogP contribution in [0.4, 0.5) is 0 Å². The van der Waals surface area contributed by atoms with E-state index in [1.807, 2.05) is 11.8 Å². The molecule has 0 N–H and O–H groups in total. The molecule has 0 spiro atoms. The summed E-state index contributed by atoms with van der Waals surface area (Å²) in [5, 5.41) is 1.52. The molecule has 0 amide bonds. The molecule has 0 saturated carbocycles. The highest BCUT2D eigenvalue weighted by Gasteiger charge is 2.21. The van der Waals surface area contributed by atoms with Gasteiger partial charge < -0.3 is 17.0 Å². The van der Waals surface area contributed by atoms with Crippen molar-refractivity contribution in [3.05, 3.63) is 132 Å². The summed E-state index contributed by atoms with van der Waals surface area (Å²) < 4.78 is 2.33. The van der Waals surface area contributed by atoms with E-state index in [2.05, 4.69) is 120 Å². The summed E-state index contributed by atoms with van der Waals surface area (Å²) in [6, 6.07) is 38.6. The number of halogens is 1. The first-order valence-corrected chi connectivity index (χ1v) is 10.1. The third kappa shape index (κ3) is 5.12. The van der Waals surface area contributed by atoms with E-state index in [-0.39, 0.29) is 22.2 Å². The fourth-order valence-corrected chi connectivity index (χ4v) is 4.43. The molecular weight excluding hydrogens is 426 g/mol. The van der Waals surface area contributed by atoms with Gasteiger partial charge in [-0.15, -0.1) is 0 Å². The zero-order valence-corrected chi connectivity index (χ0v) is 17.9. The highest BCUT2D eigenvalue weighted by atomic mass is 79.9. The number of aromatic nitrogens is 1. The summed E-state index contributed by atoms with van der Waals surface area (Å²) >= 11 is 1.90. The van der Waals surface area contributed by atoms with Crippen molar-refractivity contribution in [2.45, 2.75) is 16.8 Å². The van der Waals surface area contributed by atoms with Gasteiger partial charge in [0.05, 0.1) is 5.25 Å². The Morgan fingerprint density at radius 1 is 0.607 bits per heavy atom. The zero-order valence-electron chi connectivity index (χ0n) is 15.5. The quantitative estimate of drug-likeness (QED) is 0.324. The van der Waals surface area contributed by atoms with Gasteiger partial charge in [-0.2, -0.15) is 4.57 Å². The molecule has 28 heavy (non-hydrogen) atoms. The minimum Gasteiger partial charge on any atom is -1.00 e. The Bertz CT molecular complexity index is 935. The van der Waals surface area contributed by atoms with Crippen LogP contribution in [0.25, 0.3) is 0 Å². The Hall–Kier alpha value is -2.36. The Kier molecular flexibility index (Phi) is 7.46. The van der Waals surface area contributed by atoms with Gasteiger partial charge in [0, 0.05) is 17.7 Å². The molecule has 0 aliphatic carbocycles. The highest BCUT2D eigenvalue weighted by molar-refractivity contribution is 7.99. The van der Waals surface area contributed by atoms with Gasteiger partial charge in [0.25, 0.3) is 0 Å². The molecule has 0 radical (unpaired) electrons. The highest BCUT2D eigenvalue weighted by Crippen LogP contribution is 2.39. The number of benzene rings is 3. The second-order valence-corrected chi connectivity index (χ2v) is 7.60. The second-order valence-electron chi connectivity index (χ2n) is 6.47. The van der Waals surface area contributed by atoms with Crippen LogP contribution in [0.5, 0.6) is 0 Å². The lowest BCUT2D eigenvalue weighted by Crippen LogP contribution is -3.00. The third-order valence-electron chi connectivity index (χ3n) is 4.54. The number of hydrogen-bond acceptors (Lipinski definition) is 1. The molecule has 0 bridgehead atoms. The third-order valence-corrected chi connectivity index (χ3v) is 5.93. The molecule has 0 saturated heterocycles. The average molecular weight is 448 g/mol. The molecule has 1 aromatic heterocycles. The van der Waals surface area contributed by atoms with E-state index in [1.165, 1.54) is 21.7 Å². The SMILES string of the molecule is [Br-].c1ccc(C[n+]2ccccc2SC(c2ccccc2)c2ccccc2)cc1. The number of thioether (sulfide) groups is 1. The maximum absolute atomic E-state index is 2.33. The van der Waals surface area contributed by atoms with Crippen molar-refractivity contribution in [1.29, 1.82) is 0 Å². The zero-order chi connectivity index (χ0) is 18.3. The van der Waals surface area contributed by atoms with E-state index in [0.29, 0.717) is 0 Å². The van der Waals surface area contributed by atoms with E-state index in [1.54, 1.807) is 0 Å². The van der Waals surface area contributed by atoms with Gasteiger partial charge in [0.1, 0.15) is 0 Å². The minimum absolute atomic E-state index is 0. The van der Waals surface area contributed by atoms with Gasteiger partial charge in [-0.05, 0) is 29.0 Å². The standard InChI is InChI=1S/C25H22NS.BrH/c1-4-12-21(13-5-1)20-26-19-11-10-18-24(26)27-25(22-14-6-2-7-15-22)23-16-8-3-9-17-23;/h1-19,25H,20H2;1H/q+1;/p-1. The van der Waals surface area contributed by atoms with Crippen molar-refractivity contribution in [2.24, 2.45) is 0 Å². The summed E-state index contributed by atoms with van der Waals surface area (Å²) in [7, 11) is 0. The summed E-state index contributed by atoms with van der Waals surface area (Å²) in [6.45, 7) is 0.875. The summed E-state index contributed by atoms with van der Waals surface area (Å²) in [4.78, 5) is 0. The molecule has 0 aliphatic rings. The first-order chi connectivity index (χ1) is 13.4. The van der Waals surface area contributed by atoms with Gasteiger partial charge in [-0.3, -0.25) is 0 Å². The van der Waals surface area contributed by atoms with Crippen molar-refractivity contribution < 1.29 is 21.5 Å². The lowest BCUT2D eigenvalue weighted by atomic mass is 10.0. The van der Waals surface area contributed by atoms with E-state index in [0.717, 1.165) is 6.54 Å². The van der Waals surface area contributed by atoms with Crippen LogP contribution >= 0.6 is 11.8 Å². The molecule has 3 heteroatoms. The summed E-state index contributed by atoms with van der Waals surface area (Å²) in [5.41, 5.74) is 3.96. The second kappa shape index (κ2) is 10.3. The van der Waals surface area contributed by atoms with Crippen LogP contribution in [0.1, 0.15) is 21.9 Å². The fraction of sp³-hybridized carbons (Fsp3) is 0.0800. The van der Waals surface area contributed by atoms with Crippen LogP contribution in [0, 0.1) is 0 Å². The fourth-order valence-electron chi connectivity index (χ4n) is 3.18. The van der Waals surface area contributed by atoms with Crippen LogP contribution in [0.3, 0.4) is 0 Å². The molecule has 3 aromatic carbocycles. The van der Waals surface area contributed by atoms with Crippen molar-refractivity contribution in [1.82, 2.24) is 0 Å². The molecular formula is C25H22BrNS. The molecule has 4 rings (SSSR count). The molecule has 1 nitrogen and oxygen atoms in total. The molecule has 4 aromatic rings. The normalized spacial score (nSPS) is 10.5. The van der Waals surface area contributed by atoms with Gasteiger partial charge in [0.2, 0.25) is 5.03 Å². The van der Waals surface area contributed by atoms with Crippen molar-refractivity contribution in [3.63, 3.8) is 0 Å². The number of pyridine rings is 1. The molecule has 0 fully saturated rings. The maximum Gasteiger partial charge on any atom is 0.241 e. The predicted octanol–water partition coefficient (Wildman–Crippen LogP) is 2.91. The van der Waals surface area contributed by atoms with E-state index in [4.69, 9.17) is 0 Å². The van der Waals surface area contributed by atoms with Crippen molar-refractivity contribution in [2.75, 3.05) is 0 Å². The maximum atomic E-state index is 2.33. The van der Waals surface area contributed by atoms with Gasteiger partial charge in [-0.25, -0.2) is 0 Å². The average Bonchev–Trinajstić information content (AvgIpc) is 2.75. The topological polar surface area (TPSA) is 3.88 Å². The molecule has 0 atom stereocenters. The molecule has 140 valence electrons. The first-order valence-electron chi connectivity index (χ1n) is 9.19. The Balaban J connectivity index is 0.00000225. The Labute approximate surface area is 181 Å². The van der Waals surface area contributed by atoms with E-state index in [9.17, 15) is 0 Å². The minimum atomic E-state index is 0. The predicted molar refractivity (Wildman–Crippen MR) is 113 cm³/mol. The monoisotopic (exact) mass is 447 g/mol. The van der Waals surface area contributed by atoms with Crippen molar-refractivity contribution >= 4 is 11.8 Å². The van der Waals surface area contributed by atoms with Crippen LogP contribution in [-0.2, 0) is 6.54 Å². The number of nitrogens with zero attached hydrogens (tertiary/aromatic N) is 1. The smallest absolute Gasteiger partial charge is 0.241 e. The van der Waals surface area contributed by atoms with Gasteiger partial charge in [-0.1, -0.05) is 91.0 Å². The first kappa shape index (κ1) is 20.4. The lowest BCUT2D eigenvalue weighted by molar-refractivity contribution is -0.724. The number of hydrogen-bond donors (Lipinski definition) is 0. The van der Waals surface area contributed by atoms with Crippen LogP contribution in [0.2, 0.25) is 0 Å². The largest absolute Gasteiger partial charge is 1.00 e. The summed E-state index contributed by atoms with van der Waals surface area (Å²) in [6.07, 6.45) is 2.17. The summed E-state index contributed by atoms with van der Waals surface area (Å²) in [5.74, 6) is 0. The van der Waals surface area contributed by atoms with Gasteiger partial charge >= 0.3 is 0 Å². The van der Waals surface area contributed by atoms with E-state index < -0.39 is 0 Å². The molecule has 0 aliphatic heterocycles. The van der Waals surface area contributed by atoms with Crippen molar-refractivity contribution in [3.8, 4) is 0 Å². The van der Waals surface area contributed by atoms with Crippen LogP contribution < -0.4 is 21.5 Å². The Morgan fingerprint density at radius 2 is 1.11 bits per heavy atom. The molecule has 0 unspecified atom stereocenters. The van der Waals surface area contributed by atoms with Gasteiger partial charge in [0.15, 0.2) is 12.7 Å². The Morgan fingerprint density at radius 3 is 1.68 bits per heavy atom. The number of rotatable bonds is 6. The van der Waals surface area contributed by atoms with Crippen LogP contribution in [0.15, 0.2) is 120 Å². The van der Waals surface area contributed by atoms with E-state index >= 15 is 0 Å².